The predicted octanol–water partition coefficient (Wildman–Crippen LogP) is 3.26. The highest BCUT2D eigenvalue weighted by molar-refractivity contribution is 9.13. The van der Waals surface area contributed by atoms with Crippen LogP contribution in [0.25, 0.3) is 0 Å². The van der Waals surface area contributed by atoms with E-state index in [0.29, 0.717) is 4.47 Å². The molecule has 0 saturated heterocycles. The average Bonchev–Trinajstić information content (AvgIpc) is 1.97. The Balaban J connectivity index is 3.43. The van der Waals surface area contributed by atoms with Crippen LogP contribution in [0, 0.1) is 15.9 Å². The van der Waals surface area contributed by atoms with Crippen LogP contribution in [-0.2, 0) is 0 Å². The minimum atomic E-state index is -0.852. The first-order chi connectivity index (χ1) is 5.54. The third-order valence-electron chi connectivity index (χ3n) is 1.20. The summed E-state index contributed by atoms with van der Waals surface area (Å²) in [4.78, 5) is 9.54. The van der Waals surface area contributed by atoms with Gasteiger partial charge in [0.2, 0.25) is 5.82 Å². The van der Waals surface area contributed by atoms with Gasteiger partial charge < -0.3 is 0 Å². The normalized spacial score (nSPS) is 9.92. The Labute approximate surface area is 84.0 Å². The molecule has 0 aliphatic rings. The molecule has 64 valence electrons. The van der Waals surface area contributed by atoms with Gasteiger partial charge in [-0.2, -0.15) is 4.39 Å². The van der Waals surface area contributed by atoms with Crippen LogP contribution in [0.2, 0.25) is 0 Å². The number of nitro benzene ring substituents is 1. The number of rotatable bonds is 1. The standard InChI is InChI=1S/C6H2Br2FNO2/c7-3-1-2-4(9)6(5(3)8)10(11)12/h1-2H. The lowest BCUT2D eigenvalue weighted by atomic mass is 10.3. The summed E-state index contributed by atoms with van der Waals surface area (Å²) in [5.74, 6) is -0.852. The second kappa shape index (κ2) is 3.49. The fourth-order valence-corrected chi connectivity index (χ4v) is 1.47. The number of nitro groups is 1. The fourth-order valence-electron chi connectivity index (χ4n) is 0.684. The third kappa shape index (κ3) is 1.64. The lowest BCUT2D eigenvalue weighted by molar-refractivity contribution is -0.388. The first-order valence-corrected chi connectivity index (χ1v) is 4.40. The van der Waals surface area contributed by atoms with Crippen molar-refractivity contribution >= 4 is 37.5 Å². The highest BCUT2D eigenvalue weighted by atomic mass is 79.9. The Hall–Kier alpha value is -0.490. The Kier molecular flexibility index (Phi) is 2.79. The van der Waals surface area contributed by atoms with Crippen LogP contribution in [0.3, 0.4) is 0 Å². The molecular formula is C6H2Br2FNO2. The molecule has 6 heteroatoms. The summed E-state index contributed by atoms with van der Waals surface area (Å²) in [6.45, 7) is 0. The smallest absolute Gasteiger partial charge is 0.258 e. The number of halogens is 3. The minimum absolute atomic E-state index is 0.118. The molecular weight excluding hydrogens is 297 g/mol. The van der Waals surface area contributed by atoms with E-state index in [1.165, 1.54) is 6.07 Å². The van der Waals surface area contributed by atoms with Gasteiger partial charge in [0, 0.05) is 4.47 Å². The van der Waals surface area contributed by atoms with Crippen molar-refractivity contribution in [3.63, 3.8) is 0 Å². The summed E-state index contributed by atoms with van der Waals surface area (Å²) in [5.41, 5.74) is -0.552. The predicted molar refractivity (Wildman–Crippen MR) is 48.5 cm³/mol. The van der Waals surface area contributed by atoms with Gasteiger partial charge in [-0.05, 0) is 44.0 Å². The molecule has 12 heavy (non-hydrogen) atoms. The van der Waals surface area contributed by atoms with Crippen molar-refractivity contribution in [3.8, 4) is 0 Å². The van der Waals surface area contributed by atoms with Crippen molar-refractivity contribution in [2.75, 3.05) is 0 Å². The van der Waals surface area contributed by atoms with Gasteiger partial charge in [-0.15, -0.1) is 0 Å². The monoisotopic (exact) mass is 297 g/mol. The number of hydrogen-bond donors (Lipinski definition) is 0. The molecule has 0 heterocycles. The molecule has 0 aliphatic carbocycles. The Bertz CT molecular complexity index is 343. The molecule has 0 fully saturated rings. The number of benzene rings is 1. The molecule has 0 aromatic heterocycles. The first-order valence-electron chi connectivity index (χ1n) is 2.82. The van der Waals surface area contributed by atoms with Gasteiger partial charge in [0.25, 0.3) is 0 Å². The van der Waals surface area contributed by atoms with Gasteiger partial charge in [0.15, 0.2) is 0 Å². The van der Waals surface area contributed by atoms with E-state index in [1.54, 1.807) is 0 Å². The van der Waals surface area contributed by atoms with Gasteiger partial charge in [-0.3, -0.25) is 10.1 Å². The van der Waals surface area contributed by atoms with Crippen molar-refractivity contribution in [2.24, 2.45) is 0 Å². The third-order valence-corrected chi connectivity index (χ3v) is 3.20. The minimum Gasteiger partial charge on any atom is -0.258 e. The van der Waals surface area contributed by atoms with Crippen LogP contribution < -0.4 is 0 Å². The molecule has 0 N–H and O–H groups in total. The molecule has 0 saturated carbocycles. The molecule has 0 aliphatic heterocycles. The lowest BCUT2D eigenvalue weighted by Gasteiger charge is -1.98. The highest BCUT2D eigenvalue weighted by Crippen LogP contribution is 2.34. The maximum Gasteiger partial charge on any atom is 0.319 e. The molecule has 1 aromatic carbocycles. The molecule has 0 bridgehead atoms. The van der Waals surface area contributed by atoms with Crippen molar-refractivity contribution in [1.29, 1.82) is 0 Å². The van der Waals surface area contributed by atoms with E-state index >= 15 is 0 Å². The van der Waals surface area contributed by atoms with E-state index in [9.17, 15) is 14.5 Å². The summed E-state index contributed by atoms with van der Waals surface area (Å²) in [6.07, 6.45) is 0. The van der Waals surface area contributed by atoms with E-state index in [4.69, 9.17) is 0 Å². The van der Waals surface area contributed by atoms with Crippen molar-refractivity contribution in [3.05, 3.63) is 37.0 Å². The van der Waals surface area contributed by atoms with Gasteiger partial charge in [0.1, 0.15) is 4.47 Å². The summed E-state index contributed by atoms with van der Waals surface area (Å²) >= 11 is 5.93. The quantitative estimate of drug-likeness (QED) is 0.454. The van der Waals surface area contributed by atoms with Crippen molar-refractivity contribution in [1.82, 2.24) is 0 Å². The Morgan fingerprint density at radius 3 is 2.42 bits per heavy atom. The van der Waals surface area contributed by atoms with Gasteiger partial charge in [-0.25, -0.2) is 0 Å². The summed E-state index contributed by atoms with van der Waals surface area (Å²) in [5, 5.41) is 10.3. The second-order valence-electron chi connectivity index (χ2n) is 1.95. The van der Waals surface area contributed by atoms with Crippen LogP contribution in [-0.4, -0.2) is 4.92 Å². The Morgan fingerprint density at radius 2 is 2.00 bits per heavy atom. The van der Waals surface area contributed by atoms with Crippen LogP contribution in [0.1, 0.15) is 0 Å². The van der Waals surface area contributed by atoms with E-state index in [1.807, 2.05) is 0 Å². The van der Waals surface area contributed by atoms with E-state index in [0.717, 1.165) is 6.07 Å². The molecule has 0 unspecified atom stereocenters. The molecule has 3 nitrogen and oxygen atoms in total. The van der Waals surface area contributed by atoms with E-state index in [-0.39, 0.29) is 4.47 Å². The molecule has 1 aromatic rings. The average molecular weight is 299 g/mol. The SMILES string of the molecule is O=[N+]([O-])c1c(F)ccc(Br)c1Br. The van der Waals surface area contributed by atoms with Gasteiger partial charge in [0.05, 0.1) is 4.92 Å². The molecule has 0 spiro atoms. The van der Waals surface area contributed by atoms with E-state index < -0.39 is 16.4 Å². The van der Waals surface area contributed by atoms with Crippen LogP contribution >= 0.6 is 31.9 Å². The Morgan fingerprint density at radius 1 is 1.42 bits per heavy atom. The molecule has 1 rings (SSSR count). The van der Waals surface area contributed by atoms with Gasteiger partial charge in [-0.1, -0.05) is 0 Å². The maximum absolute atomic E-state index is 12.8. The van der Waals surface area contributed by atoms with Crippen LogP contribution in [0.15, 0.2) is 21.1 Å². The zero-order chi connectivity index (χ0) is 9.30. The largest absolute Gasteiger partial charge is 0.319 e. The number of hydrogen-bond acceptors (Lipinski definition) is 2. The topological polar surface area (TPSA) is 43.1 Å². The number of nitrogens with zero attached hydrogens (tertiary/aromatic N) is 1. The fraction of sp³-hybridized carbons (Fsp3) is 0. The summed E-state index contributed by atoms with van der Waals surface area (Å²) in [6, 6.07) is 2.43. The maximum atomic E-state index is 12.8. The van der Waals surface area contributed by atoms with Crippen molar-refractivity contribution < 1.29 is 9.31 Å². The lowest BCUT2D eigenvalue weighted by Crippen LogP contribution is -1.93. The zero-order valence-corrected chi connectivity index (χ0v) is 8.72. The highest BCUT2D eigenvalue weighted by Gasteiger charge is 2.20. The molecule has 0 atom stereocenters. The molecule has 0 amide bonds. The second-order valence-corrected chi connectivity index (χ2v) is 3.60. The van der Waals surface area contributed by atoms with Crippen LogP contribution in [0.4, 0.5) is 10.1 Å². The zero-order valence-electron chi connectivity index (χ0n) is 5.55. The summed E-state index contributed by atoms with van der Waals surface area (Å²) < 4.78 is 13.4. The van der Waals surface area contributed by atoms with Gasteiger partial charge >= 0.3 is 5.69 Å². The summed E-state index contributed by atoms with van der Waals surface area (Å²) in [7, 11) is 0. The van der Waals surface area contributed by atoms with Crippen molar-refractivity contribution in [2.45, 2.75) is 0 Å². The molecule has 0 radical (unpaired) electrons. The first kappa shape index (κ1) is 9.60. The van der Waals surface area contributed by atoms with Crippen LogP contribution in [0.5, 0.6) is 0 Å². The van der Waals surface area contributed by atoms with E-state index in [2.05, 4.69) is 31.9 Å².